The third-order valence-electron chi connectivity index (χ3n) is 3.65. The lowest BCUT2D eigenvalue weighted by atomic mass is 9.88. The SMILES string of the molecule is COc1cc(C2CCNCC2)c(OC)c(Cl)c1C. The van der Waals surface area contributed by atoms with E-state index in [9.17, 15) is 0 Å². The Bertz CT molecular complexity index is 428. The van der Waals surface area contributed by atoms with Crippen LogP contribution >= 0.6 is 11.6 Å². The van der Waals surface area contributed by atoms with Crippen molar-refractivity contribution in [2.24, 2.45) is 0 Å². The highest BCUT2D eigenvalue weighted by Crippen LogP contribution is 2.43. The van der Waals surface area contributed by atoms with Gasteiger partial charge in [-0.05, 0) is 44.8 Å². The summed E-state index contributed by atoms with van der Waals surface area (Å²) in [6.07, 6.45) is 2.22. The fraction of sp³-hybridized carbons (Fsp3) is 0.571. The first kappa shape index (κ1) is 13.5. The molecular formula is C14H20ClNO2. The zero-order chi connectivity index (χ0) is 13.1. The zero-order valence-electron chi connectivity index (χ0n) is 11.2. The van der Waals surface area contributed by atoms with Crippen LogP contribution < -0.4 is 14.8 Å². The van der Waals surface area contributed by atoms with Crippen LogP contribution in [0.5, 0.6) is 11.5 Å². The maximum atomic E-state index is 6.38. The molecule has 0 aliphatic carbocycles. The Balaban J connectivity index is 2.46. The molecule has 100 valence electrons. The maximum absolute atomic E-state index is 6.38. The lowest BCUT2D eigenvalue weighted by Gasteiger charge is -2.26. The van der Waals surface area contributed by atoms with Crippen LogP contribution in [0.3, 0.4) is 0 Å². The quantitative estimate of drug-likeness (QED) is 0.915. The number of piperidine rings is 1. The molecule has 18 heavy (non-hydrogen) atoms. The molecule has 1 aromatic rings. The number of methoxy groups -OCH3 is 2. The van der Waals surface area contributed by atoms with E-state index in [1.54, 1.807) is 14.2 Å². The number of ether oxygens (including phenoxy) is 2. The molecule has 1 aromatic carbocycles. The van der Waals surface area contributed by atoms with Crippen LogP contribution in [0.4, 0.5) is 0 Å². The van der Waals surface area contributed by atoms with Gasteiger partial charge in [-0.3, -0.25) is 0 Å². The van der Waals surface area contributed by atoms with Gasteiger partial charge in [-0.2, -0.15) is 0 Å². The van der Waals surface area contributed by atoms with E-state index in [-0.39, 0.29) is 0 Å². The first-order chi connectivity index (χ1) is 8.69. The van der Waals surface area contributed by atoms with E-state index in [1.807, 2.05) is 6.92 Å². The van der Waals surface area contributed by atoms with Crippen LogP contribution in [0.2, 0.25) is 5.02 Å². The second-order valence-corrected chi connectivity index (χ2v) is 5.04. The molecule has 0 spiro atoms. The van der Waals surface area contributed by atoms with Crippen molar-refractivity contribution in [3.8, 4) is 11.5 Å². The molecular weight excluding hydrogens is 250 g/mol. The van der Waals surface area contributed by atoms with Gasteiger partial charge >= 0.3 is 0 Å². The normalized spacial score (nSPS) is 16.7. The first-order valence-electron chi connectivity index (χ1n) is 6.30. The van der Waals surface area contributed by atoms with Gasteiger partial charge in [0.1, 0.15) is 11.5 Å². The molecule has 0 unspecified atom stereocenters. The molecule has 1 aliphatic heterocycles. The van der Waals surface area contributed by atoms with Crippen LogP contribution in [0.15, 0.2) is 6.07 Å². The molecule has 1 aliphatic rings. The Hall–Kier alpha value is -0.930. The summed E-state index contributed by atoms with van der Waals surface area (Å²) >= 11 is 6.38. The summed E-state index contributed by atoms with van der Waals surface area (Å²) in [5, 5.41) is 4.04. The number of nitrogens with one attached hydrogen (secondary N) is 1. The van der Waals surface area contributed by atoms with E-state index in [2.05, 4.69) is 11.4 Å². The molecule has 0 bridgehead atoms. The van der Waals surface area contributed by atoms with Crippen LogP contribution in [-0.2, 0) is 0 Å². The summed E-state index contributed by atoms with van der Waals surface area (Å²) in [6, 6.07) is 2.08. The minimum absolute atomic E-state index is 0.494. The fourth-order valence-electron chi connectivity index (χ4n) is 2.58. The number of halogens is 1. The van der Waals surface area contributed by atoms with Crippen molar-refractivity contribution in [3.63, 3.8) is 0 Å². The summed E-state index contributed by atoms with van der Waals surface area (Å²) in [6.45, 7) is 4.04. The topological polar surface area (TPSA) is 30.5 Å². The second kappa shape index (κ2) is 5.81. The lowest BCUT2D eigenvalue weighted by molar-refractivity contribution is 0.382. The Labute approximate surface area is 113 Å². The van der Waals surface area contributed by atoms with Crippen LogP contribution in [0.1, 0.15) is 29.9 Å². The van der Waals surface area contributed by atoms with Gasteiger partial charge in [0.15, 0.2) is 0 Å². The van der Waals surface area contributed by atoms with Gasteiger partial charge in [0.25, 0.3) is 0 Å². The molecule has 0 radical (unpaired) electrons. The van der Waals surface area contributed by atoms with Crippen LogP contribution in [0, 0.1) is 6.92 Å². The minimum Gasteiger partial charge on any atom is -0.496 e. The average molecular weight is 270 g/mol. The van der Waals surface area contributed by atoms with Gasteiger partial charge in [-0.25, -0.2) is 0 Å². The molecule has 4 heteroatoms. The molecule has 1 N–H and O–H groups in total. The number of hydrogen-bond donors (Lipinski definition) is 1. The van der Waals surface area contributed by atoms with E-state index in [0.29, 0.717) is 10.9 Å². The fourth-order valence-corrected chi connectivity index (χ4v) is 2.86. The van der Waals surface area contributed by atoms with Crippen molar-refractivity contribution < 1.29 is 9.47 Å². The molecule has 0 atom stereocenters. The van der Waals surface area contributed by atoms with Gasteiger partial charge in [-0.15, -0.1) is 0 Å². The van der Waals surface area contributed by atoms with Gasteiger partial charge in [0.2, 0.25) is 0 Å². The summed E-state index contributed by atoms with van der Waals surface area (Å²) in [7, 11) is 3.36. The minimum atomic E-state index is 0.494. The molecule has 2 rings (SSSR count). The number of benzene rings is 1. The predicted molar refractivity (Wildman–Crippen MR) is 74.1 cm³/mol. The van der Waals surface area contributed by atoms with Crippen molar-refractivity contribution in [1.29, 1.82) is 0 Å². The van der Waals surface area contributed by atoms with Crippen LogP contribution in [-0.4, -0.2) is 27.3 Å². The Morgan fingerprint density at radius 3 is 2.44 bits per heavy atom. The summed E-state index contributed by atoms with van der Waals surface area (Å²) in [5.41, 5.74) is 2.11. The monoisotopic (exact) mass is 269 g/mol. The maximum Gasteiger partial charge on any atom is 0.141 e. The van der Waals surface area contributed by atoms with Gasteiger partial charge in [0.05, 0.1) is 19.2 Å². The third kappa shape index (κ3) is 2.43. The van der Waals surface area contributed by atoms with Gasteiger partial charge in [-0.1, -0.05) is 11.6 Å². The average Bonchev–Trinajstić information content (AvgIpc) is 2.42. The third-order valence-corrected chi connectivity index (χ3v) is 4.11. The van der Waals surface area contributed by atoms with Crippen molar-refractivity contribution in [2.75, 3.05) is 27.3 Å². The molecule has 0 amide bonds. The largest absolute Gasteiger partial charge is 0.496 e. The first-order valence-corrected chi connectivity index (χ1v) is 6.68. The van der Waals surface area contributed by atoms with E-state index >= 15 is 0 Å². The summed E-state index contributed by atoms with van der Waals surface area (Å²) < 4.78 is 10.9. The number of rotatable bonds is 3. The highest BCUT2D eigenvalue weighted by molar-refractivity contribution is 6.33. The highest BCUT2D eigenvalue weighted by Gasteiger charge is 2.23. The lowest BCUT2D eigenvalue weighted by Crippen LogP contribution is -2.26. The van der Waals surface area contributed by atoms with E-state index in [1.165, 1.54) is 5.56 Å². The van der Waals surface area contributed by atoms with Crippen molar-refractivity contribution in [3.05, 3.63) is 22.2 Å². The molecule has 3 nitrogen and oxygen atoms in total. The smallest absolute Gasteiger partial charge is 0.141 e. The Kier molecular flexibility index (Phi) is 4.36. The zero-order valence-corrected chi connectivity index (χ0v) is 11.9. The van der Waals surface area contributed by atoms with E-state index in [0.717, 1.165) is 43.0 Å². The second-order valence-electron chi connectivity index (χ2n) is 4.66. The molecule has 1 heterocycles. The van der Waals surface area contributed by atoms with Crippen molar-refractivity contribution in [1.82, 2.24) is 5.32 Å². The standard InChI is InChI=1S/C14H20ClNO2/c1-9-12(17-2)8-11(14(18-3)13(9)15)10-4-6-16-7-5-10/h8,10,16H,4-7H2,1-3H3. The Morgan fingerprint density at radius 1 is 1.22 bits per heavy atom. The summed E-state index contributed by atoms with van der Waals surface area (Å²) in [5.74, 6) is 2.14. The van der Waals surface area contributed by atoms with E-state index in [4.69, 9.17) is 21.1 Å². The van der Waals surface area contributed by atoms with E-state index < -0.39 is 0 Å². The van der Waals surface area contributed by atoms with Crippen molar-refractivity contribution >= 4 is 11.6 Å². The summed E-state index contributed by atoms with van der Waals surface area (Å²) in [4.78, 5) is 0. The highest BCUT2D eigenvalue weighted by atomic mass is 35.5. The Morgan fingerprint density at radius 2 is 1.89 bits per heavy atom. The van der Waals surface area contributed by atoms with Crippen molar-refractivity contribution in [2.45, 2.75) is 25.7 Å². The van der Waals surface area contributed by atoms with Gasteiger partial charge < -0.3 is 14.8 Å². The van der Waals surface area contributed by atoms with Crippen LogP contribution in [0.25, 0.3) is 0 Å². The molecule has 0 aromatic heterocycles. The molecule has 1 saturated heterocycles. The predicted octanol–water partition coefficient (Wildman–Crippen LogP) is 3.13. The molecule has 1 fully saturated rings. The van der Waals surface area contributed by atoms with Gasteiger partial charge in [0, 0.05) is 11.1 Å². The number of hydrogen-bond acceptors (Lipinski definition) is 3. The molecule has 0 saturated carbocycles.